The van der Waals surface area contributed by atoms with E-state index >= 15 is 0 Å². The highest BCUT2D eigenvalue weighted by Gasteiger charge is 2.02. The second kappa shape index (κ2) is 4.54. The molecule has 0 radical (unpaired) electrons. The third-order valence-electron chi connectivity index (χ3n) is 1.43. The second-order valence-electron chi connectivity index (χ2n) is 3.00. The van der Waals surface area contributed by atoms with Crippen molar-refractivity contribution in [2.75, 3.05) is 14.1 Å². The van der Waals surface area contributed by atoms with E-state index in [-0.39, 0.29) is 5.56 Å². The molecule has 1 aromatic heterocycles. The molecule has 1 heterocycles. The normalized spacial score (nSPS) is 10.9. The van der Waals surface area contributed by atoms with E-state index in [0.717, 1.165) is 0 Å². The number of H-pyrrole nitrogens is 1. The topological polar surface area (TPSA) is 61.4 Å². The molecule has 0 saturated carbocycles. The Kier molecular flexibility index (Phi) is 3.62. The molecule has 0 spiro atoms. The molecule has 1 rings (SSSR count). The predicted octanol–water partition coefficient (Wildman–Crippen LogP) is 0.904. The number of halogens is 1. The monoisotopic (exact) mass is 306 g/mol. The van der Waals surface area contributed by atoms with Crippen molar-refractivity contribution in [1.29, 1.82) is 0 Å². The summed E-state index contributed by atoms with van der Waals surface area (Å²) in [6, 6.07) is 0. The Morgan fingerprint density at radius 2 is 2.21 bits per heavy atom. The van der Waals surface area contributed by atoms with Crippen LogP contribution in [0.25, 0.3) is 0 Å². The molecule has 76 valence electrons. The average Bonchev–Trinajstić information content (AvgIpc) is 2.10. The van der Waals surface area contributed by atoms with Crippen molar-refractivity contribution in [3.63, 3.8) is 0 Å². The van der Waals surface area contributed by atoms with Gasteiger partial charge in [0.1, 0.15) is 0 Å². The molecule has 14 heavy (non-hydrogen) atoms. The Balaban J connectivity index is 3.08. The van der Waals surface area contributed by atoms with E-state index in [4.69, 9.17) is 0 Å². The maximum atomic E-state index is 11.3. The standard InChI is InChI=1S/C8H11IN4O/c1-5-6(9)7(14)12-8(11-5)10-4-13(2)3/h4H,1-3H3,(H,11,12,14). The summed E-state index contributed by atoms with van der Waals surface area (Å²) in [5.41, 5.74) is 0.546. The fraction of sp³-hybridized carbons (Fsp3) is 0.375. The van der Waals surface area contributed by atoms with Crippen molar-refractivity contribution in [2.24, 2.45) is 4.99 Å². The van der Waals surface area contributed by atoms with Crippen LogP contribution in [0.4, 0.5) is 5.95 Å². The van der Waals surface area contributed by atoms with Crippen LogP contribution in [0.15, 0.2) is 9.79 Å². The van der Waals surface area contributed by atoms with Gasteiger partial charge in [0.15, 0.2) is 0 Å². The van der Waals surface area contributed by atoms with Crippen molar-refractivity contribution in [1.82, 2.24) is 14.9 Å². The minimum atomic E-state index is -0.149. The van der Waals surface area contributed by atoms with Gasteiger partial charge in [0.2, 0.25) is 5.95 Å². The zero-order valence-corrected chi connectivity index (χ0v) is 10.4. The summed E-state index contributed by atoms with van der Waals surface area (Å²) in [5, 5.41) is 0. The molecule has 0 saturated heterocycles. The number of hydrogen-bond acceptors (Lipinski definition) is 3. The summed E-state index contributed by atoms with van der Waals surface area (Å²) in [6.07, 6.45) is 1.59. The number of aromatic amines is 1. The quantitative estimate of drug-likeness (QED) is 0.502. The van der Waals surface area contributed by atoms with E-state index in [2.05, 4.69) is 15.0 Å². The average molecular weight is 306 g/mol. The maximum absolute atomic E-state index is 11.3. The van der Waals surface area contributed by atoms with Crippen LogP contribution in [0, 0.1) is 10.5 Å². The molecule has 0 aliphatic rings. The zero-order chi connectivity index (χ0) is 10.7. The first-order valence-corrected chi connectivity index (χ1v) is 5.05. The fourth-order valence-electron chi connectivity index (χ4n) is 0.788. The Morgan fingerprint density at radius 3 is 2.71 bits per heavy atom. The van der Waals surface area contributed by atoms with Gasteiger partial charge in [-0.15, -0.1) is 0 Å². The van der Waals surface area contributed by atoms with E-state index in [0.29, 0.717) is 15.2 Å². The van der Waals surface area contributed by atoms with E-state index in [1.807, 2.05) is 36.7 Å². The van der Waals surface area contributed by atoms with E-state index in [1.54, 1.807) is 18.2 Å². The Hall–Kier alpha value is -0.920. The molecule has 1 N–H and O–H groups in total. The van der Waals surface area contributed by atoms with Crippen LogP contribution in [-0.4, -0.2) is 35.3 Å². The van der Waals surface area contributed by atoms with Crippen molar-refractivity contribution >= 4 is 34.9 Å². The lowest BCUT2D eigenvalue weighted by molar-refractivity contribution is 0.642. The smallest absolute Gasteiger partial charge is 0.266 e. The van der Waals surface area contributed by atoms with Crippen LogP contribution in [0.5, 0.6) is 0 Å². The van der Waals surface area contributed by atoms with Crippen LogP contribution >= 0.6 is 22.6 Å². The summed E-state index contributed by atoms with van der Waals surface area (Å²) >= 11 is 1.96. The molecule has 0 fully saturated rings. The predicted molar refractivity (Wildman–Crippen MR) is 64.2 cm³/mol. The van der Waals surface area contributed by atoms with E-state index < -0.39 is 0 Å². The Morgan fingerprint density at radius 1 is 1.57 bits per heavy atom. The lowest BCUT2D eigenvalue weighted by Crippen LogP contribution is -2.13. The molecule has 0 bridgehead atoms. The van der Waals surface area contributed by atoms with Crippen molar-refractivity contribution in [3.8, 4) is 0 Å². The number of aryl methyl sites for hydroxylation is 1. The van der Waals surface area contributed by atoms with E-state index in [1.165, 1.54) is 0 Å². The summed E-state index contributed by atoms with van der Waals surface area (Å²) in [6.45, 7) is 1.78. The number of aromatic nitrogens is 2. The van der Waals surface area contributed by atoms with Crippen molar-refractivity contribution in [2.45, 2.75) is 6.92 Å². The first kappa shape index (κ1) is 11.2. The van der Waals surface area contributed by atoms with Gasteiger partial charge < -0.3 is 4.90 Å². The Labute approximate surface area is 95.4 Å². The lowest BCUT2D eigenvalue weighted by atomic mass is 10.4. The number of hydrogen-bond donors (Lipinski definition) is 1. The van der Waals surface area contributed by atoms with Gasteiger partial charge in [-0.3, -0.25) is 9.78 Å². The van der Waals surface area contributed by atoms with Gasteiger partial charge in [-0.2, -0.15) is 0 Å². The fourth-order valence-corrected chi connectivity index (χ4v) is 1.04. The number of nitrogens with one attached hydrogen (secondary N) is 1. The van der Waals surface area contributed by atoms with Gasteiger partial charge in [0.25, 0.3) is 5.56 Å². The van der Waals surface area contributed by atoms with Gasteiger partial charge >= 0.3 is 0 Å². The first-order valence-electron chi connectivity index (χ1n) is 3.97. The van der Waals surface area contributed by atoms with E-state index in [9.17, 15) is 4.79 Å². The van der Waals surface area contributed by atoms with Gasteiger partial charge in [0, 0.05) is 14.1 Å². The molecule has 0 unspecified atom stereocenters. The highest BCUT2D eigenvalue weighted by molar-refractivity contribution is 14.1. The third-order valence-corrected chi connectivity index (χ3v) is 2.70. The largest absolute Gasteiger partial charge is 0.369 e. The SMILES string of the molecule is Cc1nc(N=CN(C)C)[nH]c(=O)c1I. The van der Waals surface area contributed by atoms with Crippen LogP contribution in [0.2, 0.25) is 0 Å². The van der Waals surface area contributed by atoms with Gasteiger partial charge in [0.05, 0.1) is 15.6 Å². The maximum Gasteiger partial charge on any atom is 0.266 e. The Bertz CT molecular complexity index is 410. The number of rotatable bonds is 2. The van der Waals surface area contributed by atoms with Gasteiger partial charge in [-0.05, 0) is 29.5 Å². The van der Waals surface area contributed by atoms with Gasteiger partial charge in [-0.25, -0.2) is 9.98 Å². The van der Waals surface area contributed by atoms with Crippen LogP contribution in [0.1, 0.15) is 5.69 Å². The summed E-state index contributed by atoms with van der Waals surface area (Å²) in [4.78, 5) is 23.8. The highest BCUT2D eigenvalue weighted by atomic mass is 127. The molecule has 5 nitrogen and oxygen atoms in total. The lowest BCUT2D eigenvalue weighted by Gasteiger charge is -2.02. The molecule has 0 amide bonds. The van der Waals surface area contributed by atoms with Crippen molar-refractivity contribution in [3.05, 3.63) is 19.6 Å². The minimum Gasteiger partial charge on any atom is -0.369 e. The molecule has 0 aliphatic heterocycles. The molecule has 0 atom stereocenters. The zero-order valence-electron chi connectivity index (χ0n) is 8.21. The number of aliphatic imine (C=N–C) groups is 1. The molecule has 0 aliphatic carbocycles. The first-order chi connectivity index (χ1) is 6.50. The molecular formula is C8H11IN4O. The minimum absolute atomic E-state index is 0.149. The second-order valence-corrected chi connectivity index (χ2v) is 4.08. The summed E-state index contributed by atoms with van der Waals surface area (Å²) in [7, 11) is 3.70. The third kappa shape index (κ3) is 2.79. The molecule has 1 aromatic rings. The highest BCUT2D eigenvalue weighted by Crippen LogP contribution is 2.06. The van der Waals surface area contributed by atoms with Crippen LogP contribution in [-0.2, 0) is 0 Å². The summed E-state index contributed by atoms with van der Waals surface area (Å²) < 4.78 is 0.603. The van der Waals surface area contributed by atoms with Gasteiger partial charge in [-0.1, -0.05) is 0 Å². The van der Waals surface area contributed by atoms with Crippen LogP contribution in [0.3, 0.4) is 0 Å². The summed E-state index contributed by atoms with van der Waals surface area (Å²) in [5.74, 6) is 0.335. The number of nitrogens with zero attached hydrogens (tertiary/aromatic N) is 3. The molecule has 0 aromatic carbocycles. The molecule has 6 heteroatoms. The van der Waals surface area contributed by atoms with Crippen LogP contribution < -0.4 is 5.56 Å². The van der Waals surface area contributed by atoms with Crippen molar-refractivity contribution < 1.29 is 0 Å². The molecular weight excluding hydrogens is 295 g/mol.